The summed E-state index contributed by atoms with van der Waals surface area (Å²) < 4.78 is 0. The van der Waals surface area contributed by atoms with Crippen molar-refractivity contribution < 1.29 is 0 Å². The Morgan fingerprint density at radius 3 is 1.49 bits per heavy atom. The van der Waals surface area contributed by atoms with Gasteiger partial charge in [0.25, 0.3) is 0 Å². The van der Waals surface area contributed by atoms with Crippen LogP contribution in [0.3, 0.4) is 0 Å². The second-order valence-corrected chi connectivity index (χ2v) is 14.1. The number of anilines is 3. The van der Waals surface area contributed by atoms with Gasteiger partial charge in [0.05, 0.1) is 5.69 Å². The van der Waals surface area contributed by atoms with Gasteiger partial charge in [-0.2, -0.15) is 0 Å². The third kappa shape index (κ3) is 6.02. The Morgan fingerprint density at radius 1 is 0.236 bits per heavy atom. The zero-order valence-electron chi connectivity index (χ0n) is 30.3. The molecule has 0 spiro atoms. The van der Waals surface area contributed by atoms with E-state index in [-0.39, 0.29) is 0 Å². The van der Waals surface area contributed by atoms with E-state index in [2.05, 4.69) is 229 Å². The lowest BCUT2D eigenvalue weighted by atomic mass is 9.92. The second kappa shape index (κ2) is 14.0. The molecule has 0 unspecified atom stereocenters. The minimum absolute atomic E-state index is 1.09. The second-order valence-electron chi connectivity index (χ2n) is 14.1. The number of para-hydroxylation sites is 1. The average molecular weight is 700 g/mol. The summed E-state index contributed by atoms with van der Waals surface area (Å²) in [7, 11) is 0. The van der Waals surface area contributed by atoms with Gasteiger partial charge in [0.15, 0.2) is 0 Å². The average Bonchev–Trinajstić information content (AvgIpc) is 3.27. The van der Waals surface area contributed by atoms with Gasteiger partial charge in [-0.25, -0.2) is 0 Å². The van der Waals surface area contributed by atoms with E-state index in [4.69, 9.17) is 0 Å². The summed E-state index contributed by atoms with van der Waals surface area (Å²) in [6.07, 6.45) is 0. The highest BCUT2D eigenvalue weighted by Gasteiger charge is 2.21. The first-order chi connectivity index (χ1) is 27.3. The predicted octanol–water partition coefficient (Wildman–Crippen LogP) is 15.3. The monoisotopic (exact) mass is 699 g/mol. The lowest BCUT2D eigenvalue weighted by molar-refractivity contribution is 1.28. The highest BCUT2D eigenvalue weighted by atomic mass is 15.1. The van der Waals surface area contributed by atoms with Gasteiger partial charge in [-0.1, -0.05) is 182 Å². The molecular formula is C54H37N. The van der Waals surface area contributed by atoms with Crippen molar-refractivity contribution in [3.8, 4) is 44.5 Å². The zero-order chi connectivity index (χ0) is 36.6. The molecule has 1 nitrogen and oxygen atoms in total. The van der Waals surface area contributed by atoms with Crippen LogP contribution in [-0.4, -0.2) is 0 Å². The van der Waals surface area contributed by atoms with Gasteiger partial charge in [-0.3, -0.25) is 0 Å². The van der Waals surface area contributed by atoms with Crippen molar-refractivity contribution in [1.29, 1.82) is 0 Å². The first-order valence-electron chi connectivity index (χ1n) is 18.9. The van der Waals surface area contributed by atoms with Crippen molar-refractivity contribution in [3.63, 3.8) is 0 Å². The quantitative estimate of drug-likeness (QED) is 0.150. The molecule has 0 aromatic heterocycles. The van der Waals surface area contributed by atoms with Crippen LogP contribution in [0, 0.1) is 0 Å². The SMILES string of the molecule is c1ccc(-c2cc(-c3ccccc3)cc(N(c3cccc(-c4cc5ccccc5c5ccccc45)c3)c3ccccc3-c3cccc4ccccc34)c2)cc1. The number of nitrogens with zero attached hydrogens (tertiary/aromatic N) is 1. The lowest BCUT2D eigenvalue weighted by Crippen LogP contribution is -2.12. The molecule has 0 aliphatic heterocycles. The number of rotatable bonds is 7. The number of hydrogen-bond donors (Lipinski definition) is 0. The predicted molar refractivity (Wildman–Crippen MR) is 235 cm³/mol. The van der Waals surface area contributed by atoms with Gasteiger partial charge >= 0.3 is 0 Å². The van der Waals surface area contributed by atoms with Gasteiger partial charge in [0.2, 0.25) is 0 Å². The van der Waals surface area contributed by atoms with E-state index < -0.39 is 0 Å². The van der Waals surface area contributed by atoms with E-state index in [1.165, 1.54) is 76.8 Å². The number of fused-ring (bicyclic) bond motifs is 4. The smallest absolute Gasteiger partial charge is 0.0540 e. The molecule has 0 fully saturated rings. The standard InChI is InChI=1S/C54H37N/c1-3-17-38(18-4-1)43-33-44(39-19-5-2-6-20-39)36-46(35-43)55(54-32-14-13-30-52(54)50-31-16-23-40-21-7-9-26-47(40)50)45-25-15-24-41(34-45)53-37-42-22-8-10-27-48(42)49-28-11-12-29-51(49)53/h1-37H. The molecular weight excluding hydrogens is 663 g/mol. The lowest BCUT2D eigenvalue weighted by Gasteiger charge is -2.29. The summed E-state index contributed by atoms with van der Waals surface area (Å²) in [5.41, 5.74) is 12.8. The molecule has 0 aliphatic carbocycles. The summed E-state index contributed by atoms with van der Waals surface area (Å²) >= 11 is 0. The van der Waals surface area contributed by atoms with Gasteiger partial charge in [0.1, 0.15) is 0 Å². The fourth-order valence-corrected chi connectivity index (χ4v) is 8.22. The normalized spacial score (nSPS) is 11.3. The van der Waals surface area contributed by atoms with Crippen LogP contribution in [0.5, 0.6) is 0 Å². The highest BCUT2D eigenvalue weighted by molar-refractivity contribution is 6.14. The Bertz CT molecular complexity index is 2920. The summed E-state index contributed by atoms with van der Waals surface area (Å²) in [5.74, 6) is 0. The van der Waals surface area contributed by atoms with Crippen LogP contribution in [0.1, 0.15) is 0 Å². The molecule has 0 radical (unpaired) electrons. The number of benzene rings is 10. The van der Waals surface area contributed by atoms with E-state index in [1.807, 2.05) is 0 Å². The molecule has 0 atom stereocenters. The van der Waals surface area contributed by atoms with Crippen molar-refractivity contribution in [1.82, 2.24) is 0 Å². The fourth-order valence-electron chi connectivity index (χ4n) is 8.22. The van der Waals surface area contributed by atoms with Crippen LogP contribution in [0.2, 0.25) is 0 Å². The van der Waals surface area contributed by atoms with Crippen LogP contribution < -0.4 is 4.90 Å². The summed E-state index contributed by atoms with van der Waals surface area (Å²) in [6, 6.07) is 81.6. The molecule has 10 rings (SSSR count). The van der Waals surface area contributed by atoms with Crippen LogP contribution in [0.4, 0.5) is 17.1 Å². The third-order valence-electron chi connectivity index (χ3n) is 10.8. The molecule has 1 heteroatoms. The van der Waals surface area contributed by atoms with Crippen molar-refractivity contribution in [2.75, 3.05) is 4.90 Å². The van der Waals surface area contributed by atoms with E-state index in [0.717, 1.165) is 17.1 Å². The van der Waals surface area contributed by atoms with Gasteiger partial charge in [0, 0.05) is 16.9 Å². The van der Waals surface area contributed by atoms with Crippen LogP contribution in [0.15, 0.2) is 224 Å². The van der Waals surface area contributed by atoms with Crippen LogP contribution in [0.25, 0.3) is 76.8 Å². The summed E-state index contributed by atoms with van der Waals surface area (Å²) in [6.45, 7) is 0. The number of hydrogen-bond acceptors (Lipinski definition) is 1. The van der Waals surface area contributed by atoms with Crippen LogP contribution >= 0.6 is 0 Å². The molecule has 0 amide bonds. The molecule has 258 valence electrons. The van der Waals surface area contributed by atoms with Gasteiger partial charge in [-0.05, 0) is 114 Å². The van der Waals surface area contributed by atoms with Crippen molar-refractivity contribution in [2.24, 2.45) is 0 Å². The molecule has 55 heavy (non-hydrogen) atoms. The van der Waals surface area contributed by atoms with E-state index in [9.17, 15) is 0 Å². The Morgan fingerprint density at radius 2 is 0.745 bits per heavy atom. The van der Waals surface area contributed by atoms with Crippen molar-refractivity contribution >= 4 is 49.4 Å². The Hall–Kier alpha value is -7.22. The molecule has 10 aromatic carbocycles. The third-order valence-corrected chi connectivity index (χ3v) is 10.8. The van der Waals surface area contributed by atoms with E-state index >= 15 is 0 Å². The van der Waals surface area contributed by atoms with Crippen LogP contribution in [-0.2, 0) is 0 Å². The Kier molecular flexibility index (Phi) is 8.24. The first-order valence-corrected chi connectivity index (χ1v) is 18.9. The van der Waals surface area contributed by atoms with E-state index in [1.54, 1.807) is 0 Å². The van der Waals surface area contributed by atoms with Crippen molar-refractivity contribution in [2.45, 2.75) is 0 Å². The van der Waals surface area contributed by atoms with Gasteiger partial charge in [-0.15, -0.1) is 0 Å². The first kappa shape index (κ1) is 32.4. The fraction of sp³-hybridized carbons (Fsp3) is 0. The Balaban J connectivity index is 1.25. The molecule has 0 bridgehead atoms. The molecule has 10 aromatic rings. The minimum Gasteiger partial charge on any atom is -0.310 e. The molecule has 0 saturated carbocycles. The maximum atomic E-state index is 2.46. The van der Waals surface area contributed by atoms with Crippen molar-refractivity contribution in [3.05, 3.63) is 224 Å². The Labute approximate surface area is 322 Å². The van der Waals surface area contributed by atoms with Gasteiger partial charge < -0.3 is 4.90 Å². The zero-order valence-corrected chi connectivity index (χ0v) is 30.3. The minimum atomic E-state index is 1.09. The molecule has 0 heterocycles. The maximum Gasteiger partial charge on any atom is 0.0540 e. The van der Waals surface area contributed by atoms with E-state index in [0.29, 0.717) is 0 Å². The molecule has 0 saturated heterocycles. The molecule has 0 N–H and O–H groups in total. The topological polar surface area (TPSA) is 3.24 Å². The summed E-state index contributed by atoms with van der Waals surface area (Å²) in [4.78, 5) is 2.46. The highest BCUT2D eigenvalue weighted by Crippen LogP contribution is 2.46. The maximum absolute atomic E-state index is 2.46. The molecule has 0 aliphatic rings. The summed E-state index contributed by atoms with van der Waals surface area (Å²) in [5, 5.41) is 7.49. The largest absolute Gasteiger partial charge is 0.310 e.